The largest absolute Gasteiger partial charge is 0.355 e. The molecule has 2 aliphatic rings. The molecule has 1 amide bonds. The van der Waals surface area contributed by atoms with Gasteiger partial charge in [0.1, 0.15) is 0 Å². The number of amides is 1. The third-order valence-electron chi connectivity index (χ3n) is 5.42. The van der Waals surface area contributed by atoms with E-state index in [4.69, 9.17) is 0 Å². The molecule has 2 saturated heterocycles. The first-order valence-corrected chi connectivity index (χ1v) is 10.3. The molecule has 0 saturated carbocycles. The Morgan fingerprint density at radius 2 is 1.71 bits per heavy atom. The van der Waals surface area contributed by atoms with E-state index in [1.165, 1.54) is 43.5 Å². The number of nitrogens with zero attached hydrogens (tertiary/aromatic N) is 3. The average molecular weight is 499 g/mol. The SMILES string of the molecule is CN=C(NCCN1CCCCC1)NCc1ccc(CN2CCCC2=O)cc1.I. The lowest BCUT2D eigenvalue weighted by Crippen LogP contribution is -2.42. The van der Waals surface area contributed by atoms with Gasteiger partial charge < -0.3 is 20.4 Å². The van der Waals surface area contributed by atoms with E-state index in [1.54, 1.807) is 0 Å². The zero-order chi connectivity index (χ0) is 18.9. The van der Waals surface area contributed by atoms with Crippen molar-refractivity contribution in [2.75, 3.05) is 39.8 Å². The molecule has 156 valence electrons. The van der Waals surface area contributed by atoms with Crippen LogP contribution in [0.2, 0.25) is 0 Å². The number of benzene rings is 1. The summed E-state index contributed by atoms with van der Waals surface area (Å²) >= 11 is 0. The molecule has 2 N–H and O–H groups in total. The molecule has 0 aliphatic carbocycles. The quantitative estimate of drug-likeness (QED) is 0.344. The molecule has 0 spiro atoms. The fourth-order valence-electron chi connectivity index (χ4n) is 3.78. The fourth-order valence-corrected chi connectivity index (χ4v) is 3.78. The van der Waals surface area contributed by atoms with Crippen molar-refractivity contribution in [3.8, 4) is 0 Å². The second-order valence-electron chi connectivity index (χ2n) is 7.49. The Kier molecular flexibility index (Phi) is 10.0. The molecule has 2 fully saturated rings. The van der Waals surface area contributed by atoms with Gasteiger partial charge in [0.05, 0.1) is 0 Å². The van der Waals surface area contributed by atoms with Crippen LogP contribution < -0.4 is 10.6 Å². The van der Waals surface area contributed by atoms with Crippen molar-refractivity contribution in [3.63, 3.8) is 0 Å². The van der Waals surface area contributed by atoms with E-state index in [1.807, 2.05) is 11.9 Å². The minimum atomic E-state index is 0. The Balaban J connectivity index is 0.00000280. The zero-order valence-electron chi connectivity index (χ0n) is 17.0. The first kappa shape index (κ1) is 22.9. The molecule has 7 heteroatoms. The summed E-state index contributed by atoms with van der Waals surface area (Å²) in [6, 6.07) is 8.50. The van der Waals surface area contributed by atoms with E-state index in [0.717, 1.165) is 45.1 Å². The molecule has 6 nitrogen and oxygen atoms in total. The van der Waals surface area contributed by atoms with Crippen LogP contribution in [0.5, 0.6) is 0 Å². The van der Waals surface area contributed by atoms with Crippen LogP contribution in [0.25, 0.3) is 0 Å². The van der Waals surface area contributed by atoms with Gasteiger partial charge in [0.2, 0.25) is 5.91 Å². The highest BCUT2D eigenvalue weighted by Gasteiger charge is 2.19. The predicted molar refractivity (Wildman–Crippen MR) is 125 cm³/mol. The Bertz CT molecular complexity index is 628. The number of piperidine rings is 1. The normalized spacial score (nSPS) is 18.1. The molecule has 0 aromatic heterocycles. The van der Waals surface area contributed by atoms with Gasteiger partial charge in [-0.15, -0.1) is 24.0 Å². The topological polar surface area (TPSA) is 60.0 Å². The number of hydrogen-bond donors (Lipinski definition) is 2. The highest BCUT2D eigenvalue weighted by atomic mass is 127. The Hall–Kier alpha value is -1.35. The molecule has 2 heterocycles. The monoisotopic (exact) mass is 499 g/mol. The third kappa shape index (κ3) is 7.24. The number of nitrogens with one attached hydrogen (secondary N) is 2. The van der Waals surface area contributed by atoms with E-state index in [0.29, 0.717) is 6.42 Å². The van der Waals surface area contributed by atoms with E-state index in [-0.39, 0.29) is 29.9 Å². The van der Waals surface area contributed by atoms with Crippen molar-refractivity contribution in [1.29, 1.82) is 0 Å². The molecule has 2 aliphatic heterocycles. The molecule has 1 aromatic rings. The maximum Gasteiger partial charge on any atom is 0.222 e. The Morgan fingerprint density at radius 3 is 2.36 bits per heavy atom. The van der Waals surface area contributed by atoms with Crippen molar-refractivity contribution < 1.29 is 4.79 Å². The van der Waals surface area contributed by atoms with Crippen LogP contribution in [0, 0.1) is 0 Å². The van der Waals surface area contributed by atoms with Crippen LogP contribution in [-0.4, -0.2) is 61.4 Å². The van der Waals surface area contributed by atoms with Crippen LogP contribution >= 0.6 is 24.0 Å². The molecule has 3 rings (SSSR count). The smallest absolute Gasteiger partial charge is 0.222 e. The van der Waals surface area contributed by atoms with Gasteiger partial charge in [-0.1, -0.05) is 30.7 Å². The van der Waals surface area contributed by atoms with Crippen LogP contribution in [-0.2, 0) is 17.9 Å². The van der Waals surface area contributed by atoms with Gasteiger partial charge in [-0.05, 0) is 43.5 Å². The van der Waals surface area contributed by atoms with Gasteiger partial charge in [-0.25, -0.2) is 0 Å². The van der Waals surface area contributed by atoms with E-state index >= 15 is 0 Å². The highest BCUT2D eigenvalue weighted by Crippen LogP contribution is 2.14. The Morgan fingerprint density at radius 1 is 1.00 bits per heavy atom. The van der Waals surface area contributed by atoms with Gasteiger partial charge in [0, 0.05) is 46.2 Å². The standard InChI is InChI=1S/C21H33N5O.HI/c1-22-21(23-11-15-25-12-3-2-4-13-25)24-16-18-7-9-19(10-8-18)17-26-14-5-6-20(26)27;/h7-10H,2-6,11-17H2,1H3,(H2,22,23,24);1H. The number of guanidine groups is 1. The molecular formula is C21H34IN5O. The number of hydrogen-bond acceptors (Lipinski definition) is 3. The molecule has 0 atom stereocenters. The minimum Gasteiger partial charge on any atom is -0.355 e. The number of halogens is 1. The molecule has 0 bridgehead atoms. The molecular weight excluding hydrogens is 465 g/mol. The number of aliphatic imine (C=N–C) groups is 1. The van der Waals surface area contributed by atoms with Gasteiger partial charge in [-0.3, -0.25) is 9.79 Å². The maximum absolute atomic E-state index is 11.7. The number of likely N-dealkylation sites (tertiary alicyclic amines) is 2. The summed E-state index contributed by atoms with van der Waals surface area (Å²) in [5.74, 6) is 1.12. The zero-order valence-corrected chi connectivity index (χ0v) is 19.3. The molecule has 0 radical (unpaired) electrons. The highest BCUT2D eigenvalue weighted by molar-refractivity contribution is 14.0. The van der Waals surface area contributed by atoms with Gasteiger partial charge in [-0.2, -0.15) is 0 Å². The number of rotatable bonds is 7. The first-order chi connectivity index (χ1) is 13.2. The second kappa shape index (κ2) is 12.3. The first-order valence-electron chi connectivity index (χ1n) is 10.3. The van der Waals surface area contributed by atoms with Crippen LogP contribution in [0.1, 0.15) is 43.2 Å². The Labute approximate surface area is 186 Å². The van der Waals surface area contributed by atoms with Crippen molar-refractivity contribution in [3.05, 3.63) is 35.4 Å². The number of carbonyl (C=O) groups excluding carboxylic acids is 1. The minimum absolute atomic E-state index is 0. The van der Waals surface area contributed by atoms with Crippen molar-refractivity contribution >= 4 is 35.8 Å². The predicted octanol–water partition coefficient (Wildman–Crippen LogP) is 2.58. The lowest BCUT2D eigenvalue weighted by molar-refractivity contribution is -0.128. The average Bonchev–Trinajstić information content (AvgIpc) is 3.11. The maximum atomic E-state index is 11.7. The molecule has 0 unspecified atom stereocenters. The van der Waals surface area contributed by atoms with E-state index < -0.39 is 0 Å². The third-order valence-corrected chi connectivity index (χ3v) is 5.42. The fraction of sp³-hybridized carbons (Fsp3) is 0.619. The van der Waals surface area contributed by atoms with Gasteiger partial charge in [0.25, 0.3) is 0 Å². The van der Waals surface area contributed by atoms with Crippen LogP contribution in [0.15, 0.2) is 29.3 Å². The molecule has 28 heavy (non-hydrogen) atoms. The van der Waals surface area contributed by atoms with Crippen LogP contribution in [0.3, 0.4) is 0 Å². The lowest BCUT2D eigenvalue weighted by Gasteiger charge is -2.26. The number of carbonyl (C=O) groups is 1. The van der Waals surface area contributed by atoms with Crippen LogP contribution in [0.4, 0.5) is 0 Å². The van der Waals surface area contributed by atoms with Gasteiger partial charge >= 0.3 is 0 Å². The van der Waals surface area contributed by atoms with Crippen molar-refractivity contribution in [2.45, 2.75) is 45.2 Å². The van der Waals surface area contributed by atoms with E-state index in [9.17, 15) is 4.79 Å². The van der Waals surface area contributed by atoms with Crippen molar-refractivity contribution in [2.24, 2.45) is 4.99 Å². The summed E-state index contributed by atoms with van der Waals surface area (Å²) in [7, 11) is 1.81. The van der Waals surface area contributed by atoms with Gasteiger partial charge in [0.15, 0.2) is 5.96 Å². The summed E-state index contributed by atoms with van der Waals surface area (Å²) in [6.07, 6.45) is 5.72. The summed E-state index contributed by atoms with van der Waals surface area (Å²) < 4.78 is 0. The molecule has 1 aromatic carbocycles. The van der Waals surface area contributed by atoms with E-state index in [2.05, 4.69) is 44.8 Å². The summed E-state index contributed by atoms with van der Waals surface area (Å²) in [6.45, 7) is 6.80. The summed E-state index contributed by atoms with van der Waals surface area (Å²) in [5, 5.41) is 6.78. The lowest BCUT2D eigenvalue weighted by atomic mass is 10.1. The summed E-state index contributed by atoms with van der Waals surface area (Å²) in [5.41, 5.74) is 2.41. The second-order valence-corrected chi connectivity index (χ2v) is 7.49. The summed E-state index contributed by atoms with van der Waals surface area (Å²) in [4.78, 5) is 20.5. The van der Waals surface area contributed by atoms with Crippen molar-refractivity contribution in [1.82, 2.24) is 20.4 Å².